The minimum atomic E-state index is -1.82. The monoisotopic (exact) mass is 432 g/mol. The Hall–Kier alpha value is -3.32. The van der Waals surface area contributed by atoms with Crippen molar-refractivity contribution in [3.05, 3.63) is 70.5 Å². The van der Waals surface area contributed by atoms with E-state index in [0.29, 0.717) is 12.2 Å². The third-order valence-corrected chi connectivity index (χ3v) is 4.77. The highest BCUT2D eigenvalue weighted by atomic mass is 19.1. The molecule has 0 aliphatic carbocycles. The Morgan fingerprint density at radius 1 is 1.16 bits per heavy atom. The third-order valence-electron chi connectivity index (χ3n) is 4.77. The van der Waals surface area contributed by atoms with Crippen LogP contribution < -0.4 is 0 Å². The Morgan fingerprint density at radius 2 is 1.77 bits per heavy atom. The van der Waals surface area contributed by atoms with Gasteiger partial charge in [-0.1, -0.05) is 18.2 Å². The largest absolute Gasteiger partial charge is 0.473 e. The lowest BCUT2D eigenvalue weighted by Crippen LogP contribution is -2.28. The Morgan fingerprint density at radius 3 is 2.29 bits per heavy atom. The van der Waals surface area contributed by atoms with Crippen molar-refractivity contribution < 1.29 is 34.4 Å². The number of carboxylic acid groups (broad SMARTS) is 2. The lowest BCUT2D eigenvalue weighted by molar-refractivity contribution is -0.159. The predicted molar refractivity (Wildman–Crippen MR) is 110 cm³/mol. The van der Waals surface area contributed by atoms with E-state index in [2.05, 4.69) is 11.0 Å². The molecule has 1 aliphatic heterocycles. The molecular weight excluding hydrogens is 407 g/mol. The normalized spacial score (nSPS) is 16.4. The number of hydrogen-bond donors (Lipinski definition) is 2. The molecule has 166 valence electrons. The fraction of sp³-hybridized carbons (Fsp3) is 0.318. The standard InChI is InChI=1S/C20H21FN2O.C2H2O4.H2O/c1-23(2)11-3-10-20(17-5-7-18(21)8-6-17)19-9-4-15(13-22)12-16(19)14-24-20;3-1(4)2(5)6;/h4-9,12H,3,10-11,14H2,1-2H3;(H,3,4)(H,5,6);1H2/t20-;;/m1../s1. The maximum atomic E-state index is 13.4. The summed E-state index contributed by atoms with van der Waals surface area (Å²) in [5.74, 6) is -3.90. The molecule has 31 heavy (non-hydrogen) atoms. The second-order valence-electron chi connectivity index (χ2n) is 7.12. The first-order chi connectivity index (χ1) is 14.2. The molecule has 4 N–H and O–H groups in total. The van der Waals surface area contributed by atoms with Gasteiger partial charge in [0.25, 0.3) is 0 Å². The number of nitrogens with zero attached hydrogens (tertiary/aromatic N) is 2. The summed E-state index contributed by atoms with van der Waals surface area (Å²) in [6, 6.07) is 14.5. The molecular formula is C22H25FN2O6. The quantitative estimate of drug-likeness (QED) is 0.689. The van der Waals surface area contributed by atoms with Gasteiger partial charge >= 0.3 is 11.9 Å². The summed E-state index contributed by atoms with van der Waals surface area (Å²) in [6.45, 7) is 1.43. The fourth-order valence-corrected chi connectivity index (χ4v) is 3.41. The summed E-state index contributed by atoms with van der Waals surface area (Å²) >= 11 is 0. The van der Waals surface area contributed by atoms with E-state index in [9.17, 15) is 4.39 Å². The van der Waals surface area contributed by atoms with Gasteiger partial charge in [0.2, 0.25) is 0 Å². The number of halogens is 1. The number of carboxylic acids is 2. The summed E-state index contributed by atoms with van der Waals surface area (Å²) in [6.07, 6.45) is 1.78. The smallest absolute Gasteiger partial charge is 0.414 e. The van der Waals surface area contributed by atoms with Crippen molar-refractivity contribution in [1.29, 1.82) is 5.26 Å². The molecule has 3 rings (SSSR count). The van der Waals surface area contributed by atoms with Crippen LogP contribution in [-0.4, -0.2) is 53.2 Å². The van der Waals surface area contributed by atoms with E-state index in [4.69, 9.17) is 29.8 Å². The zero-order chi connectivity index (χ0) is 22.3. The van der Waals surface area contributed by atoms with Gasteiger partial charge in [-0.15, -0.1) is 0 Å². The van der Waals surface area contributed by atoms with Crippen molar-refractivity contribution in [1.82, 2.24) is 4.90 Å². The van der Waals surface area contributed by atoms with Crippen molar-refractivity contribution in [3.63, 3.8) is 0 Å². The van der Waals surface area contributed by atoms with Crippen LogP contribution in [0.15, 0.2) is 42.5 Å². The number of hydrogen-bond acceptors (Lipinski definition) is 5. The molecule has 0 radical (unpaired) electrons. The molecule has 0 bridgehead atoms. The fourth-order valence-electron chi connectivity index (χ4n) is 3.41. The number of nitriles is 1. The molecule has 1 aliphatic rings. The summed E-state index contributed by atoms with van der Waals surface area (Å²) in [5, 5.41) is 23.9. The first kappa shape index (κ1) is 25.7. The minimum absolute atomic E-state index is 0. The minimum Gasteiger partial charge on any atom is -0.473 e. The Balaban J connectivity index is 0.000000607. The third kappa shape index (κ3) is 6.33. The molecule has 0 amide bonds. The molecule has 0 spiro atoms. The zero-order valence-corrected chi connectivity index (χ0v) is 17.3. The van der Waals surface area contributed by atoms with Crippen LogP contribution in [0, 0.1) is 17.1 Å². The van der Waals surface area contributed by atoms with E-state index in [1.165, 1.54) is 12.1 Å². The number of benzene rings is 2. The number of carbonyl (C=O) groups is 2. The van der Waals surface area contributed by atoms with Gasteiger partial charge in [-0.05, 0) is 74.4 Å². The van der Waals surface area contributed by atoms with Gasteiger partial charge in [0, 0.05) is 0 Å². The highest BCUT2D eigenvalue weighted by Gasteiger charge is 2.41. The number of fused-ring (bicyclic) bond motifs is 1. The van der Waals surface area contributed by atoms with Gasteiger partial charge in [0.15, 0.2) is 0 Å². The maximum absolute atomic E-state index is 13.4. The Bertz CT molecular complexity index is 943. The maximum Gasteiger partial charge on any atom is 0.414 e. The van der Waals surface area contributed by atoms with E-state index in [-0.39, 0.29) is 11.3 Å². The molecule has 9 heteroatoms. The van der Waals surface area contributed by atoms with Crippen LogP contribution in [0.3, 0.4) is 0 Å². The summed E-state index contributed by atoms with van der Waals surface area (Å²) < 4.78 is 19.6. The molecule has 0 saturated carbocycles. The lowest BCUT2D eigenvalue weighted by atomic mass is 9.81. The second kappa shape index (κ2) is 11.2. The second-order valence-corrected chi connectivity index (χ2v) is 7.12. The molecule has 0 aromatic heterocycles. The van der Waals surface area contributed by atoms with E-state index in [0.717, 1.165) is 36.1 Å². The van der Waals surface area contributed by atoms with Crippen LogP contribution in [0.4, 0.5) is 4.39 Å². The zero-order valence-electron chi connectivity index (χ0n) is 17.3. The first-order valence-corrected chi connectivity index (χ1v) is 9.24. The van der Waals surface area contributed by atoms with Crippen LogP contribution in [-0.2, 0) is 26.5 Å². The first-order valence-electron chi connectivity index (χ1n) is 9.24. The van der Waals surface area contributed by atoms with Crippen molar-refractivity contribution in [2.24, 2.45) is 0 Å². The summed E-state index contributed by atoms with van der Waals surface area (Å²) in [7, 11) is 4.10. The van der Waals surface area contributed by atoms with Crippen LogP contribution in [0.25, 0.3) is 0 Å². The van der Waals surface area contributed by atoms with Gasteiger partial charge in [0.05, 0.1) is 18.2 Å². The van der Waals surface area contributed by atoms with Gasteiger partial charge in [-0.25, -0.2) is 14.0 Å². The van der Waals surface area contributed by atoms with Crippen molar-refractivity contribution in [3.8, 4) is 6.07 Å². The average molecular weight is 432 g/mol. The Labute approximate surface area is 179 Å². The molecule has 0 fully saturated rings. The van der Waals surface area contributed by atoms with Gasteiger partial charge in [-0.3, -0.25) is 0 Å². The van der Waals surface area contributed by atoms with Crippen LogP contribution in [0.5, 0.6) is 0 Å². The molecule has 1 heterocycles. The molecule has 0 unspecified atom stereocenters. The molecule has 2 aromatic carbocycles. The van der Waals surface area contributed by atoms with E-state index in [1.807, 2.05) is 32.3 Å². The average Bonchev–Trinajstić information content (AvgIpc) is 3.07. The molecule has 0 saturated heterocycles. The highest BCUT2D eigenvalue weighted by Crippen LogP contribution is 2.45. The van der Waals surface area contributed by atoms with Crippen LogP contribution >= 0.6 is 0 Å². The van der Waals surface area contributed by atoms with Crippen LogP contribution in [0.1, 0.15) is 35.1 Å². The molecule has 8 nitrogen and oxygen atoms in total. The van der Waals surface area contributed by atoms with Crippen molar-refractivity contribution in [2.75, 3.05) is 20.6 Å². The lowest BCUT2D eigenvalue weighted by Gasteiger charge is -2.31. The van der Waals surface area contributed by atoms with Crippen molar-refractivity contribution in [2.45, 2.75) is 25.0 Å². The van der Waals surface area contributed by atoms with Crippen molar-refractivity contribution >= 4 is 11.9 Å². The Kier molecular flexibility index (Phi) is 9.27. The topological polar surface area (TPSA) is 142 Å². The summed E-state index contributed by atoms with van der Waals surface area (Å²) in [5.41, 5.74) is 3.18. The predicted octanol–water partition coefficient (Wildman–Crippen LogP) is 2.14. The molecule has 1 atom stereocenters. The SMILES string of the molecule is CN(C)CCC[C@]1(c2ccc(F)cc2)OCc2cc(C#N)ccc21.O.O=C(O)C(=O)O. The van der Waals surface area contributed by atoms with Gasteiger partial charge in [0.1, 0.15) is 11.4 Å². The summed E-state index contributed by atoms with van der Waals surface area (Å²) in [4.78, 5) is 20.3. The van der Waals surface area contributed by atoms with Crippen LogP contribution in [0.2, 0.25) is 0 Å². The van der Waals surface area contributed by atoms with E-state index in [1.54, 1.807) is 12.1 Å². The number of rotatable bonds is 5. The number of ether oxygens (including phenoxy) is 1. The van der Waals surface area contributed by atoms with Gasteiger partial charge < -0.3 is 25.3 Å². The highest BCUT2D eigenvalue weighted by molar-refractivity contribution is 6.27. The molecule has 2 aromatic rings. The number of aliphatic carboxylic acids is 2. The van der Waals surface area contributed by atoms with Gasteiger partial charge in [-0.2, -0.15) is 5.26 Å². The van der Waals surface area contributed by atoms with E-state index >= 15 is 0 Å². The van der Waals surface area contributed by atoms with E-state index < -0.39 is 17.5 Å².